The molecule has 1 aliphatic rings. The maximum atomic E-state index is 2.41. The number of hydrogen-bond donors (Lipinski definition) is 0. The molecule has 10 aromatic rings. The van der Waals surface area contributed by atoms with Gasteiger partial charge in [-0.3, -0.25) is 0 Å². The predicted molar refractivity (Wildman–Crippen MR) is 215 cm³/mol. The Hall–Kier alpha value is -6.50. The molecule has 0 radical (unpaired) electrons. The van der Waals surface area contributed by atoms with Crippen LogP contribution in [0.1, 0.15) is 0 Å². The van der Waals surface area contributed by atoms with Gasteiger partial charge >= 0.3 is 0 Å². The summed E-state index contributed by atoms with van der Waals surface area (Å²) < 4.78 is 0. The zero-order chi connectivity index (χ0) is 32.8. The van der Waals surface area contributed by atoms with Crippen molar-refractivity contribution in [1.82, 2.24) is 0 Å². The minimum atomic E-state index is 1.26. The molecule has 230 valence electrons. The number of fused-ring (bicyclic) bond motifs is 10. The summed E-state index contributed by atoms with van der Waals surface area (Å²) in [4.78, 5) is 0. The Labute approximate surface area is 290 Å². The highest BCUT2D eigenvalue weighted by Crippen LogP contribution is 2.52. The van der Waals surface area contributed by atoms with Crippen LogP contribution in [0.3, 0.4) is 0 Å². The minimum absolute atomic E-state index is 1.26. The van der Waals surface area contributed by atoms with Crippen LogP contribution in [0.5, 0.6) is 0 Å². The highest BCUT2D eigenvalue weighted by Gasteiger charge is 2.24. The second kappa shape index (κ2) is 10.5. The molecule has 0 heteroatoms. The van der Waals surface area contributed by atoms with Crippen LogP contribution < -0.4 is 0 Å². The Kier molecular flexibility index (Phi) is 5.76. The molecule has 0 fully saturated rings. The summed E-state index contributed by atoms with van der Waals surface area (Å²) in [5, 5.41) is 12.8. The van der Waals surface area contributed by atoms with Gasteiger partial charge < -0.3 is 0 Å². The van der Waals surface area contributed by atoms with Gasteiger partial charge in [0.1, 0.15) is 0 Å². The highest BCUT2D eigenvalue weighted by molar-refractivity contribution is 6.28. The zero-order valence-corrected chi connectivity index (χ0v) is 27.3. The summed E-state index contributed by atoms with van der Waals surface area (Å²) in [6.07, 6.45) is 0. The van der Waals surface area contributed by atoms with Crippen molar-refractivity contribution in [2.45, 2.75) is 0 Å². The fourth-order valence-corrected chi connectivity index (χ4v) is 8.95. The normalized spacial score (nSPS) is 12.0. The summed E-state index contributed by atoms with van der Waals surface area (Å²) in [7, 11) is 0. The summed E-state index contributed by atoms with van der Waals surface area (Å²) in [5.74, 6) is 0. The summed E-state index contributed by atoms with van der Waals surface area (Å²) in [6, 6.07) is 67.7. The lowest BCUT2D eigenvalue weighted by molar-refractivity contribution is 1.62. The molecule has 0 aromatic heterocycles. The van der Waals surface area contributed by atoms with Crippen molar-refractivity contribution in [2.24, 2.45) is 0 Å². The monoisotopic (exact) mass is 630 g/mol. The van der Waals surface area contributed by atoms with Gasteiger partial charge in [-0.1, -0.05) is 176 Å². The standard InChI is InChI=1S/C50H30/c1-2-15-32-31(14-1)30-47(38-21-8-3-16-33(32)38)50-42-24-11-9-22-40(42)49(41-23-10-12-25-43(41)50)46-29-28-45-37-20-7-5-18-35(37)34-17-4-6-19-36(34)39-26-13-27-44(46)48(39)45/h1-30H. The second-order valence-corrected chi connectivity index (χ2v) is 13.5. The number of rotatable bonds is 2. The van der Waals surface area contributed by atoms with E-state index < -0.39 is 0 Å². The van der Waals surface area contributed by atoms with Gasteiger partial charge in [0.25, 0.3) is 0 Å². The van der Waals surface area contributed by atoms with E-state index in [1.54, 1.807) is 0 Å². The van der Waals surface area contributed by atoms with E-state index in [-0.39, 0.29) is 0 Å². The molecule has 0 atom stereocenters. The molecule has 1 aliphatic carbocycles. The molecule has 50 heavy (non-hydrogen) atoms. The van der Waals surface area contributed by atoms with Crippen molar-refractivity contribution >= 4 is 53.9 Å². The Morgan fingerprint density at radius 3 is 1.18 bits per heavy atom. The van der Waals surface area contributed by atoms with Crippen LogP contribution in [0.15, 0.2) is 182 Å². The van der Waals surface area contributed by atoms with Crippen LogP contribution in [-0.4, -0.2) is 0 Å². The molecule has 0 bridgehead atoms. The molecule has 0 spiro atoms. The Morgan fingerprint density at radius 2 is 0.580 bits per heavy atom. The Morgan fingerprint density at radius 1 is 0.200 bits per heavy atom. The topological polar surface area (TPSA) is 0 Å². The van der Waals surface area contributed by atoms with Crippen LogP contribution in [0, 0.1) is 0 Å². The van der Waals surface area contributed by atoms with Gasteiger partial charge in [-0.2, -0.15) is 0 Å². The molecule has 0 heterocycles. The fraction of sp³-hybridized carbons (Fsp3) is 0. The van der Waals surface area contributed by atoms with E-state index in [9.17, 15) is 0 Å². The van der Waals surface area contributed by atoms with Gasteiger partial charge in [0, 0.05) is 0 Å². The van der Waals surface area contributed by atoms with Crippen molar-refractivity contribution in [1.29, 1.82) is 0 Å². The van der Waals surface area contributed by atoms with Crippen molar-refractivity contribution in [3.05, 3.63) is 182 Å². The van der Waals surface area contributed by atoms with E-state index >= 15 is 0 Å². The third kappa shape index (κ3) is 3.76. The molecular weight excluding hydrogens is 601 g/mol. The van der Waals surface area contributed by atoms with E-state index in [1.165, 1.54) is 109 Å². The molecule has 10 aromatic carbocycles. The van der Waals surface area contributed by atoms with Gasteiger partial charge in [-0.05, 0) is 116 Å². The molecule has 0 aliphatic heterocycles. The number of hydrogen-bond acceptors (Lipinski definition) is 0. The van der Waals surface area contributed by atoms with Crippen LogP contribution in [0.2, 0.25) is 0 Å². The van der Waals surface area contributed by atoms with Gasteiger partial charge in [0.2, 0.25) is 0 Å². The summed E-state index contributed by atoms with van der Waals surface area (Å²) in [5.41, 5.74) is 12.9. The first-order valence-electron chi connectivity index (χ1n) is 17.4. The quantitative estimate of drug-likeness (QED) is 0.132. The second-order valence-electron chi connectivity index (χ2n) is 13.5. The molecule has 0 unspecified atom stereocenters. The summed E-state index contributed by atoms with van der Waals surface area (Å²) in [6.45, 7) is 0. The first-order valence-corrected chi connectivity index (χ1v) is 17.4. The van der Waals surface area contributed by atoms with Gasteiger partial charge in [-0.15, -0.1) is 0 Å². The largest absolute Gasteiger partial charge is 0.0616 e. The van der Waals surface area contributed by atoms with Crippen molar-refractivity contribution in [2.75, 3.05) is 0 Å². The van der Waals surface area contributed by atoms with Gasteiger partial charge in [-0.25, -0.2) is 0 Å². The maximum absolute atomic E-state index is 2.41. The van der Waals surface area contributed by atoms with E-state index in [4.69, 9.17) is 0 Å². The Bertz CT molecular complexity index is 2920. The first-order chi connectivity index (χ1) is 24.8. The SMILES string of the molecule is c1ccc2c(c1)-c1ccccc1-c1ccc(-c3c4ccccc4c(-c4cc5ccccc5c5ccccc45)c4ccccc34)c3cccc-2c13. The lowest BCUT2D eigenvalue weighted by Gasteiger charge is -2.21. The van der Waals surface area contributed by atoms with Crippen molar-refractivity contribution in [3.8, 4) is 55.6 Å². The molecule has 0 amide bonds. The van der Waals surface area contributed by atoms with Gasteiger partial charge in [0.15, 0.2) is 0 Å². The molecule has 0 saturated heterocycles. The lowest BCUT2D eigenvalue weighted by Crippen LogP contribution is -1.94. The third-order valence-corrected chi connectivity index (χ3v) is 11.0. The zero-order valence-electron chi connectivity index (χ0n) is 27.3. The Balaban J connectivity index is 1.29. The highest BCUT2D eigenvalue weighted by atomic mass is 14.3. The van der Waals surface area contributed by atoms with Crippen LogP contribution in [0.25, 0.3) is 109 Å². The average Bonchev–Trinajstić information content (AvgIpc) is 3.31. The first kappa shape index (κ1) is 27.5. The predicted octanol–water partition coefficient (Wildman–Crippen LogP) is 14.1. The fourth-order valence-electron chi connectivity index (χ4n) is 8.95. The van der Waals surface area contributed by atoms with Crippen LogP contribution in [-0.2, 0) is 0 Å². The summed E-state index contributed by atoms with van der Waals surface area (Å²) >= 11 is 0. The van der Waals surface area contributed by atoms with E-state index in [1.807, 2.05) is 0 Å². The van der Waals surface area contributed by atoms with E-state index in [2.05, 4.69) is 182 Å². The van der Waals surface area contributed by atoms with Crippen LogP contribution >= 0.6 is 0 Å². The van der Waals surface area contributed by atoms with Crippen molar-refractivity contribution in [3.63, 3.8) is 0 Å². The van der Waals surface area contributed by atoms with Crippen LogP contribution in [0.4, 0.5) is 0 Å². The molecule has 0 nitrogen and oxygen atoms in total. The lowest BCUT2D eigenvalue weighted by atomic mass is 9.82. The van der Waals surface area contributed by atoms with Gasteiger partial charge in [0.05, 0.1) is 0 Å². The molecular formula is C50H30. The molecule has 11 rings (SSSR count). The van der Waals surface area contributed by atoms with Crippen molar-refractivity contribution < 1.29 is 0 Å². The van der Waals surface area contributed by atoms with E-state index in [0.717, 1.165) is 0 Å². The molecule has 0 N–H and O–H groups in total. The average molecular weight is 631 g/mol. The third-order valence-electron chi connectivity index (χ3n) is 11.0. The smallest absolute Gasteiger partial charge is 0.00199 e. The maximum Gasteiger partial charge on any atom is -0.00199 e. The number of benzene rings is 10. The minimum Gasteiger partial charge on any atom is -0.0616 e. The molecule has 0 saturated carbocycles. The van der Waals surface area contributed by atoms with E-state index in [0.29, 0.717) is 0 Å².